The van der Waals surface area contributed by atoms with Crippen molar-refractivity contribution in [2.75, 3.05) is 24.6 Å². The van der Waals surface area contributed by atoms with Gasteiger partial charge in [-0.25, -0.2) is 9.78 Å². The zero-order chi connectivity index (χ0) is 16.6. The fourth-order valence-corrected chi connectivity index (χ4v) is 3.17. The monoisotopic (exact) mass is 318 g/mol. The van der Waals surface area contributed by atoms with E-state index in [1.807, 2.05) is 14.0 Å². The summed E-state index contributed by atoms with van der Waals surface area (Å²) in [7, 11) is 1.83. The van der Waals surface area contributed by atoms with E-state index in [1.165, 1.54) is 0 Å². The average molecular weight is 318 g/mol. The molecule has 7 nitrogen and oxygen atoms in total. The molecule has 1 fully saturated rings. The highest BCUT2D eigenvalue weighted by atomic mass is 16.5. The number of aliphatic hydroxyl groups is 1. The topological polar surface area (TPSA) is 80.5 Å². The van der Waals surface area contributed by atoms with Crippen molar-refractivity contribution in [2.24, 2.45) is 13.0 Å². The molecule has 1 aliphatic rings. The van der Waals surface area contributed by atoms with Crippen molar-refractivity contribution in [3.8, 4) is 0 Å². The second-order valence-electron chi connectivity index (χ2n) is 5.98. The molecule has 0 amide bonds. The highest BCUT2D eigenvalue weighted by Crippen LogP contribution is 2.34. The summed E-state index contributed by atoms with van der Waals surface area (Å²) in [5, 5.41) is 14.9. The minimum atomic E-state index is -0.374. The van der Waals surface area contributed by atoms with Crippen LogP contribution in [0.4, 0.5) is 5.69 Å². The lowest BCUT2D eigenvalue weighted by Crippen LogP contribution is -2.26. The van der Waals surface area contributed by atoms with Gasteiger partial charge < -0.3 is 14.7 Å². The second-order valence-corrected chi connectivity index (χ2v) is 5.98. The van der Waals surface area contributed by atoms with Crippen LogP contribution in [0.2, 0.25) is 0 Å². The number of rotatable bonds is 4. The van der Waals surface area contributed by atoms with E-state index in [0.29, 0.717) is 18.7 Å². The Morgan fingerprint density at radius 2 is 2.30 bits per heavy atom. The fraction of sp³-hybridized carbons (Fsp3) is 0.562. The SMILES string of the molecule is CCOC(=O)c1cnc2c(cnn2C)c1N1CCC(C(C)O)C1. The lowest BCUT2D eigenvalue weighted by Gasteiger charge is -2.22. The number of aryl methyl sites for hydroxylation is 1. The van der Waals surface area contributed by atoms with Crippen molar-refractivity contribution >= 4 is 22.7 Å². The summed E-state index contributed by atoms with van der Waals surface area (Å²) in [5.74, 6) is -0.175. The summed E-state index contributed by atoms with van der Waals surface area (Å²) in [4.78, 5) is 18.8. The molecule has 1 aliphatic heterocycles. The van der Waals surface area contributed by atoms with Gasteiger partial charge in [-0.1, -0.05) is 0 Å². The number of hydrogen-bond acceptors (Lipinski definition) is 6. The molecule has 23 heavy (non-hydrogen) atoms. The van der Waals surface area contributed by atoms with Crippen LogP contribution in [-0.2, 0) is 11.8 Å². The first-order valence-electron chi connectivity index (χ1n) is 7.93. The van der Waals surface area contributed by atoms with Gasteiger partial charge in [-0.15, -0.1) is 0 Å². The van der Waals surface area contributed by atoms with Crippen LogP contribution in [-0.4, -0.2) is 51.6 Å². The van der Waals surface area contributed by atoms with Gasteiger partial charge in [0.15, 0.2) is 5.65 Å². The summed E-state index contributed by atoms with van der Waals surface area (Å²) in [6, 6.07) is 0. The number of carbonyl (C=O) groups excluding carboxylic acids is 1. The molecule has 7 heteroatoms. The largest absolute Gasteiger partial charge is 0.462 e. The van der Waals surface area contributed by atoms with Crippen molar-refractivity contribution in [2.45, 2.75) is 26.4 Å². The number of hydrogen-bond donors (Lipinski definition) is 1. The van der Waals surface area contributed by atoms with Gasteiger partial charge in [0.2, 0.25) is 0 Å². The van der Waals surface area contributed by atoms with Crippen LogP contribution in [0.1, 0.15) is 30.6 Å². The van der Waals surface area contributed by atoms with Crippen molar-refractivity contribution < 1.29 is 14.6 Å². The summed E-state index contributed by atoms with van der Waals surface area (Å²) >= 11 is 0. The van der Waals surface area contributed by atoms with Gasteiger partial charge in [0.1, 0.15) is 5.56 Å². The van der Waals surface area contributed by atoms with E-state index in [-0.39, 0.29) is 18.0 Å². The van der Waals surface area contributed by atoms with E-state index < -0.39 is 0 Å². The van der Waals surface area contributed by atoms with Crippen LogP contribution >= 0.6 is 0 Å². The Morgan fingerprint density at radius 1 is 1.52 bits per heavy atom. The Hall–Kier alpha value is -2.15. The Kier molecular flexibility index (Phi) is 4.21. The van der Waals surface area contributed by atoms with Crippen LogP contribution in [0.25, 0.3) is 11.0 Å². The van der Waals surface area contributed by atoms with Gasteiger partial charge in [0.05, 0.1) is 30.0 Å². The Balaban J connectivity index is 2.08. The van der Waals surface area contributed by atoms with Crippen LogP contribution < -0.4 is 4.90 Å². The number of carbonyl (C=O) groups is 1. The summed E-state index contributed by atoms with van der Waals surface area (Å²) < 4.78 is 6.87. The minimum Gasteiger partial charge on any atom is -0.462 e. The van der Waals surface area contributed by atoms with Crippen LogP contribution in [0.15, 0.2) is 12.4 Å². The van der Waals surface area contributed by atoms with Crippen molar-refractivity contribution in [1.82, 2.24) is 14.8 Å². The van der Waals surface area contributed by atoms with Crippen LogP contribution in [0.5, 0.6) is 0 Å². The maximum Gasteiger partial charge on any atom is 0.341 e. The third-order valence-electron chi connectivity index (χ3n) is 4.45. The second kappa shape index (κ2) is 6.16. The van der Waals surface area contributed by atoms with E-state index in [1.54, 1.807) is 24.0 Å². The number of esters is 1. The molecule has 0 aliphatic carbocycles. The van der Waals surface area contributed by atoms with E-state index in [4.69, 9.17) is 4.74 Å². The number of nitrogens with zero attached hydrogens (tertiary/aromatic N) is 4. The molecule has 0 bridgehead atoms. The number of aliphatic hydroxyl groups excluding tert-OH is 1. The Morgan fingerprint density at radius 3 is 2.96 bits per heavy atom. The zero-order valence-electron chi connectivity index (χ0n) is 13.7. The lowest BCUT2D eigenvalue weighted by molar-refractivity contribution is 0.0527. The van der Waals surface area contributed by atoms with Gasteiger partial charge in [-0.05, 0) is 20.3 Å². The molecule has 0 saturated carbocycles. The molecule has 0 radical (unpaired) electrons. The van der Waals surface area contributed by atoms with Crippen molar-refractivity contribution in [3.05, 3.63) is 18.0 Å². The zero-order valence-corrected chi connectivity index (χ0v) is 13.7. The number of pyridine rings is 1. The molecule has 3 rings (SSSR count). The summed E-state index contributed by atoms with van der Waals surface area (Å²) in [6.07, 6.45) is 3.82. The highest BCUT2D eigenvalue weighted by Gasteiger charge is 2.31. The van der Waals surface area contributed by atoms with E-state index in [0.717, 1.165) is 29.7 Å². The maximum atomic E-state index is 12.3. The van der Waals surface area contributed by atoms with Gasteiger partial charge >= 0.3 is 5.97 Å². The third-order valence-corrected chi connectivity index (χ3v) is 4.45. The maximum absolute atomic E-state index is 12.3. The van der Waals surface area contributed by atoms with E-state index in [9.17, 15) is 9.90 Å². The normalized spacial score (nSPS) is 19.3. The van der Waals surface area contributed by atoms with E-state index in [2.05, 4.69) is 15.0 Å². The molecular weight excluding hydrogens is 296 g/mol. The quantitative estimate of drug-likeness (QED) is 0.857. The average Bonchev–Trinajstić information content (AvgIpc) is 3.14. The molecule has 1 saturated heterocycles. The predicted octanol–water partition coefficient (Wildman–Crippen LogP) is 1.35. The first-order chi connectivity index (χ1) is 11.0. The molecule has 0 aromatic carbocycles. The molecule has 3 heterocycles. The standard InChI is InChI=1S/C16H22N4O3/c1-4-23-16(22)13-7-17-15-12(8-18-19(15)3)14(13)20-6-5-11(9-20)10(2)21/h7-8,10-11,21H,4-6,9H2,1-3H3. The van der Waals surface area contributed by atoms with Gasteiger partial charge in [0.25, 0.3) is 0 Å². The molecule has 1 N–H and O–H groups in total. The number of fused-ring (bicyclic) bond motifs is 1. The Bertz CT molecular complexity index is 725. The number of aromatic nitrogens is 3. The number of anilines is 1. The van der Waals surface area contributed by atoms with Crippen LogP contribution in [0.3, 0.4) is 0 Å². The molecule has 2 aromatic rings. The van der Waals surface area contributed by atoms with Gasteiger partial charge in [-0.2, -0.15) is 5.10 Å². The fourth-order valence-electron chi connectivity index (χ4n) is 3.17. The van der Waals surface area contributed by atoms with Gasteiger partial charge in [-0.3, -0.25) is 4.68 Å². The highest BCUT2D eigenvalue weighted by molar-refractivity contribution is 6.04. The smallest absolute Gasteiger partial charge is 0.341 e. The molecule has 2 atom stereocenters. The minimum absolute atomic E-state index is 0.199. The molecule has 2 unspecified atom stereocenters. The first-order valence-corrected chi connectivity index (χ1v) is 7.93. The first kappa shape index (κ1) is 15.7. The molecular formula is C16H22N4O3. The molecule has 124 valence electrons. The third kappa shape index (κ3) is 2.76. The van der Waals surface area contributed by atoms with Gasteiger partial charge in [0, 0.05) is 32.3 Å². The molecule has 0 spiro atoms. The summed E-state index contributed by atoms with van der Waals surface area (Å²) in [6.45, 7) is 5.41. The molecule has 2 aromatic heterocycles. The van der Waals surface area contributed by atoms with Crippen molar-refractivity contribution in [3.63, 3.8) is 0 Å². The van der Waals surface area contributed by atoms with Crippen LogP contribution in [0, 0.1) is 5.92 Å². The van der Waals surface area contributed by atoms with E-state index >= 15 is 0 Å². The predicted molar refractivity (Wildman–Crippen MR) is 86.5 cm³/mol. The number of ether oxygens (including phenoxy) is 1. The lowest BCUT2D eigenvalue weighted by atomic mass is 10.0. The summed E-state index contributed by atoms with van der Waals surface area (Å²) in [5.41, 5.74) is 2.00. The Labute approximate surface area is 134 Å². The van der Waals surface area contributed by atoms with Crippen molar-refractivity contribution in [1.29, 1.82) is 0 Å².